The summed E-state index contributed by atoms with van der Waals surface area (Å²) in [6, 6.07) is -0.946. The molecule has 1 aliphatic heterocycles. The molecule has 0 radical (unpaired) electrons. The maximum atomic E-state index is 11.7. The fourth-order valence-electron chi connectivity index (χ4n) is 2.28. The number of carbonyl (C=O) groups excluding carboxylic acids is 3. The highest BCUT2D eigenvalue weighted by Gasteiger charge is 2.22. The van der Waals surface area contributed by atoms with Gasteiger partial charge in [-0.05, 0) is 12.8 Å². The summed E-state index contributed by atoms with van der Waals surface area (Å²) in [7, 11) is 0. The normalized spacial score (nSPS) is 13.6. The molecule has 0 atom stereocenters. The Morgan fingerprint density at radius 3 is 2.00 bits per heavy atom. The van der Waals surface area contributed by atoms with Crippen molar-refractivity contribution in [1.29, 1.82) is 0 Å². The molecule has 9 nitrogen and oxygen atoms in total. The summed E-state index contributed by atoms with van der Waals surface area (Å²) in [5.41, 5.74) is 0. The van der Waals surface area contributed by atoms with E-state index in [9.17, 15) is 24.0 Å². The quantitative estimate of drug-likeness (QED) is 0.352. The summed E-state index contributed by atoms with van der Waals surface area (Å²) in [5.74, 6) is -3.48. The van der Waals surface area contributed by atoms with Crippen molar-refractivity contribution in [3.05, 3.63) is 12.2 Å². The Bertz CT molecular complexity index is 522. The van der Waals surface area contributed by atoms with E-state index >= 15 is 0 Å². The molecule has 132 valence electrons. The van der Waals surface area contributed by atoms with Crippen LogP contribution in [0.1, 0.15) is 38.5 Å². The third kappa shape index (κ3) is 7.03. The molecule has 0 saturated heterocycles. The number of hydrogen-bond acceptors (Lipinski definition) is 5. The predicted octanol–water partition coefficient (Wildman–Crippen LogP) is -0.0940. The number of amides is 3. The van der Waals surface area contributed by atoms with Gasteiger partial charge in [-0.25, -0.2) is 0 Å². The Labute approximate surface area is 138 Å². The highest BCUT2D eigenvalue weighted by Crippen LogP contribution is 2.08. The number of carboxylic acids is 2. The minimum absolute atomic E-state index is 0.121. The molecule has 0 aromatic carbocycles. The van der Waals surface area contributed by atoms with Crippen LogP contribution in [0.5, 0.6) is 0 Å². The van der Waals surface area contributed by atoms with Crippen LogP contribution in [0.3, 0.4) is 0 Å². The SMILES string of the molecule is O=C(O)CC(CC(=O)O)NC(=O)CCCCCN1C(=O)C=CC1=O. The molecule has 1 heterocycles. The number of carbonyl (C=O) groups is 5. The number of hydrogen-bond donors (Lipinski definition) is 3. The number of rotatable bonds is 11. The third-order valence-corrected chi connectivity index (χ3v) is 3.39. The molecule has 9 heteroatoms. The van der Waals surface area contributed by atoms with Gasteiger partial charge in [0.05, 0.1) is 12.8 Å². The van der Waals surface area contributed by atoms with Crippen molar-refractivity contribution in [3.8, 4) is 0 Å². The molecule has 0 fully saturated rings. The molecular weight excluding hydrogens is 320 g/mol. The van der Waals surface area contributed by atoms with Gasteiger partial charge in [-0.15, -0.1) is 0 Å². The van der Waals surface area contributed by atoms with Crippen molar-refractivity contribution in [3.63, 3.8) is 0 Å². The van der Waals surface area contributed by atoms with E-state index in [2.05, 4.69) is 5.32 Å². The molecular formula is C15H20N2O7. The molecule has 1 rings (SSSR count). The third-order valence-electron chi connectivity index (χ3n) is 3.39. The fraction of sp³-hybridized carbons (Fsp3) is 0.533. The van der Waals surface area contributed by atoms with Crippen LogP contribution >= 0.6 is 0 Å². The van der Waals surface area contributed by atoms with E-state index in [1.165, 1.54) is 12.2 Å². The van der Waals surface area contributed by atoms with Crippen molar-refractivity contribution >= 4 is 29.7 Å². The molecule has 0 spiro atoms. The maximum Gasteiger partial charge on any atom is 0.305 e. The van der Waals surface area contributed by atoms with Crippen LogP contribution in [-0.2, 0) is 24.0 Å². The van der Waals surface area contributed by atoms with Gasteiger partial charge in [-0.2, -0.15) is 0 Å². The highest BCUT2D eigenvalue weighted by molar-refractivity contribution is 6.12. The van der Waals surface area contributed by atoms with Crippen molar-refractivity contribution in [1.82, 2.24) is 10.2 Å². The van der Waals surface area contributed by atoms with Gasteiger partial charge in [-0.3, -0.25) is 28.9 Å². The Balaban J connectivity index is 2.22. The average Bonchev–Trinajstić information content (AvgIpc) is 2.76. The first-order valence-corrected chi connectivity index (χ1v) is 7.56. The molecule has 0 saturated carbocycles. The van der Waals surface area contributed by atoms with E-state index in [-0.39, 0.29) is 24.8 Å². The van der Waals surface area contributed by atoms with Gasteiger partial charge in [0.25, 0.3) is 11.8 Å². The maximum absolute atomic E-state index is 11.7. The van der Waals surface area contributed by atoms with Crippen LogP contribution in [0.25, 0.3) is 0 Å². The van der Waals surface area contributed by atoms with Crippen LogP contribution in [0.4, 0.5) is 0 Å². The zero-order chi connectivity index (χ0) is 18.1. The van der Waals surface area contributed by atoms with Crippen LogP contribution in [0.15, 0.2) is 12.2 Å². The van der Waals surface area contributed by atoms with E-state index in [1.807, 2.05) is 0 Å². The van der Waals surface area contributed by atoms with Gasteiger partial charge in [0, 0.05) is 31.2 Å². The van der Waals surface area contributed by atoms with Crippen molar-refractivity contribution in [2.75, 3.05) is 6.54 Å². The van der Waals surface area contributed by atoms with Crippen LogP contribution in [-0.4, -0.2) is 57.4 Å². The number of nitrogens with one attached hydrogen (secondary N) is 1. The minimum atomic E-state index is -1.19. The smallest absolute Gasteiger partial charge is 0.305 e. The second-order valence-corrected chi connectivity index (χ2v) is 5.43. The molecule has 24 heavy (non-hydrogen) atoms. The summed E-state index contributed by atoms with van der Waals surface area (Å²) in [5, 5.41) is 19.8. The van der Waals surface area contributed by atoms with E-state index in [0.29, 0.717) is 19.3 Å². The van der Waals surface area contributed by atoms with Gasteiger partial charge >= 0.3 is 11.9 Å². The Kier molecular flexibility index (Phi) is 7.60. The van der Waals surface area contributed by atoms with Crippen molar-refractivity contribution in [2.45, 2.75) is 44.6 Å². The molecule has 0 aliphatic carbocycles. The lowest BCUT2D eigenvalue weighted by Crippen LogP contribution is -2.38. The van der Waals surface area contributed by atoms with Crippen molar-refractivity contribution in [2.24, 2.45) is 0 Å². The Morgan fingerprint density at radius 1 is 0.958 bits per heavy atom. The lowest BCUT2D eigenvalue weighted by atomic mass is 10.1. The average molecular weight is 340 g/mol. The van der Waals surface area contributed by atoms with E-state index in [0.717, 1.165) is 4.90 Å². The fourth-order valence-corrected chi connectivity index (χ4v) is 2.28. The minimum Gasteiger partial charge on any atom is -0.481 e. The summed E-state index contributed by atoms with van der Waals surface area (Å²) < 4.78 is 0. The topological polar surface area (TPSA) is 141 Å². The first kappa shape index (κ1) is 19.3. The second kappa shape index (κ2) is 9.43. The molecule has 0 aromatic rings. The van der Waals surface area contributed by atoms with Gasteiger partial charge in [0.1, 0.15) is 0 Å². The van der Waals surface area contributed by atoms with E-state index in [4.69, 9.17) is 10.2 Å². The number of unbranched alkanes of at least 4 members (excludes halogenated alkanes) is 2. The van der Waals surface area contributed by atoms with Gasteiger partial charge in [0.15, 0.2) is 0 Å². The van der Waals surface area contributed by atoms with Gasteiger partial charge in [-0.1, -0.05) is 6.42 Å². The zero-order valence-corrected chi connectivity index (χ0v) is 13.1. The molecule has 3 N–H and O–H groups in total. The summed E-state index contributed by atoms with van der Waals surface area (Å²) in [6.07, 6.45) is 3.28. The first-order chi connectivity index (χ1) is 11.3. The highest BCUT2D eigenvalue weighted by atomic mass is 16.4. The van der Waals surface area contributed by atoms with Crippen LogP contribution < -0.4 is 5.32 Å². The van der Waals surface area contributed by atoms with Crippen molar-refractivity contribution < 1.29 is 34.2 Å². The lowest BCUT2D eigenvalue weighted by molar-refractivity contribution is -0.140. The largest absolute Gasteiger partial charge is 0.481 e. The molecule has 0 bridgehead atoms. The zero-order valence-electron chi connectivity index (χ0n) is 13.1. The molecule has 0 unspecified atom stereocenters. The van der Waals surface area contributed by atoms with Gasteiger partial charge < -0.3 is 15.5 Å². The molecule has 3 amide bonds. The lowest BCUT2D eigenvalue weighted by Gasteiger charge is -2.15. The summed E-state index contributed by atoms with van der Waals surface area (Å²) in [4.78, 5) is 56.7. The molecule has 1 aliphatic rings. The number of nitrogens with zero attached hydrogens (tertiary/aromatic N) is 1. The Hall–Kier alpha value is -2.71. The van der Waals surface area contributed by atoms with E-state index < -0.39 is 36.7 Å². The summed E-state index contributed by atoms with van der Waals surface area (Å²) >= 11 is 0. The van der Waals surface area contributed by atoms with Gasteiger partial charge in [0.2, 0.25) is 5.91 Å². The summed E-state index contributed by atoms with van der Waals surface area (Å²) in [6.45, 7) is 0.285. The predicted molar refractivity (Wildman–Crippen MR) is 80.8 cm³/mol. The first-order valence-electron chi connectivity index (χ1n) is 7.56. The molecule has 0 aromatic heterocycles. The number of imide groups is 1. The number of aliphatic carboxylic acids is 2. The standard InChI is InChI=1S/C15H20N2O7/c18-11(16-10(8-14(21)22)9-15(23)24)4-2-1-3-7-17-12(19)5-6-13(17)20/h5-6,10H,1-4,7-9H2,(H,16,18)(H,21,22)(H,23,24). The van der Waals surface area contributed by atoms with Crippen LogP contribution in [0, 0.1) is 0 Å². The monoisotopic (exact) mass is 340 g/mol. The second-order valence-electron chi connectivity index (χ2n) is 5.43. The van der Waals surface area contributed by atoms with Crippen LogP contribution in [0.2, 0.25) is 0 Å². The number of carboxylic acid groups (broad SMARTS) is 2. The van der Waals surface area contributed by atoms with E-state index in [1.54, 1.807) is 0 Å². The Morgan fingerprint density at radius 2 is 1.50 bits per heavy atom.